The fraction of sp³-hybridized carbons (Fsp3) is 0.467. The quantitative estimate of drug-likeness (QED) is 0.614. The van der Waals surface area contributed by atoms with Crippen LogP contribution >= 0.6 is 11.9 Å². The molecule has 0 radical (unpaired) electrons. The molecule has 2 rings (SSSR count). The lowest BCUT2D eigenvalue weighted by molar-refractivity contribution is -0.131. The van der Waals surface area contributed by atoms with E-state index in [4.69, 9.17) is 0 Å². The summed E-state index contributed by atoms with van der Waals surface area (Å²) in [6.07, 6.45) is 0.674. The molecule has 0 spiro atoms. The molecule has 2 amide bonds. The maximum atomic E-state index is 11.7. The summed E-state index contributed by atoms with van der Waals surface area (Å²) in [6, 6.07) is 6.24. The van der Waals surface area contributed by atoms with Crippen molar-refractivity contribution < 1.29 is 9.59 Å². The lowest BCUT2D eigenvalue weighted by Gasteiger charge is -2.21. The topological polar surface area (TPSA) is 37.4 Å². The van der Waals surface area contributed by atoms with Crippen LogP contribution in [-0.4, -0.2) is 16.1 Å². The van der Waals surface area contributed by atoms with Gasteiger partial charge in [-0.05, 0) is 41.5 Å². The van der Waals surface area contributed by atoms with Crippen molar-refractivity contribution in [2.24, 2.45) is 0 Å². The summed E-state index contributed by atoms with van der Waals surface area (Å²) in [5.74, 6) is -0.175. The zero-order chi connectivity index (χ0) is 14.2. The molecule has 1 aromatic rings. The van der Waals surface area contributed by atoms with Crippen LogP contribution < -0.4 is 0 Å². The van der Waals surface area contributed by atoms with Gasteiger partial charge in [-0.25, -0.2) is 4.31 Å². The molecule has 0 atom stereocenters. The Bertz CT molecular complexity index is 515. The van der Waals surface area contributed by atoms with Gasteiger partial charge in [-0.3, -0.25) is 9.59 Å². The molecule has 1 heterocycles. The fourth-order valence-electron chi connectivity index (χ4n) is 1.92. The fourth-order valence-corrected chi connectivity index (χ4v) is 2.90. The summed E-state index contributed by atoms with van der Waals surface area (Å²) in [6.45, 7) is 8.45. The summed E-state index contributed by atoms with van der Waals surface area (Å²) in [7, 11) is 0. The molecule has 1 fully saturated rings. The molecule has 1 aliphatic rings. The molecule has 102 valence electrons. The number of benzene rings is 1. The standard InChI is InChI=1S/C15H19NO2S/c1-10-5-6-11(15(2,3)4)9-12(10)19-16-13(17)7-8-14(16)18/h5-6,9H,7-8H2,1-4H3. The third kappa shape index (κ3) is 3.00. The van der Waals surface area contributed by atoms with Crippen molar-refractivity contribution in [3.8, 4) is 0 Å². The molecule has 0 saturated carbocycles. The second-order valence-electron chi connectivity index (χ2n) is 5.90. The number of imide groups is 1. The van der Waals surface area contributed by atoms with Crippen LogP contribution in [0.15, 0.2) is 23.1 Å². The molecular formula is C15H19NO2S. The highest BCUT2D eigenvalue weighted by atomic mass is 32.2. The molecule has 0 N–H and O–H groups in total. The van der Waals surface area contributed by atoms with Crippen LogP contribution in [0.1, 0.15) is 44.7 Å². The highest BCUT2D eigenvalue weighted by Crippen LogP contribution is 2.34. The number of carbonyl (C=O) groups is 2. The van der Waals surface area contributed by atoms with E-state index in [2.05, 4.69) is 32.9 Å². The Morgan fingerprint density at radius 3 is 2.21 bits per heavy atom. The van der Waals surface area contributed by atoms with E-state index in [1.165, 1.54) is 21.8 Å². The number of rotatable bonds is 2. The highest BCUT2D eigenvalue weighted by molar-refractivity contribution is 7.98. The Morgan fingerprint density at radius 2 is 1.68 bits per heavy atom. The molecule has 1 aromatic carbocycles. The van der Waals surface area contributed by atoms with Gasteiger partial charge in [0, 0.05) is 17.7 Å². The van der Waals surface area contributed by atoms with Crippen molar-refractivity contribution in [3.63, 3.8) is 0 Å². The summed E-state index contributed by atoms with van der Waals surface area (Å²) in [4.78, 5) is 24.3. The normalized spacial score (nSPS) is 16.3. The third-order valence-corrected chi connectivity index (χ3v) is 4.48. The summed E-state index contributed by atoms with van der Waals surface area (Å²) in [5, 5.41) is 0. The summed E-state index contributed by atoms with van der Waals surface area (Å²) < 4.78 is 1.30. The number of carbonyl (C=O) groups excluding carboxylic acids is 2. The van der Waals surface area contributed by atoms with E-state index in [1.54, 1.807) is 0 Å². The maximum Gasteiger partial charge on any atom is 0.240 e. The van der Waals surface area contributed by atoms with Crippen LogP contribution in [0.25, 0.3) is 0 Å². The molecule has 3 nitrogen and oxygen atoms in total. The number of amides is 2. The first-order chi connectivity index (χ1) is 8.79. The monoisotopic (exact) mass is 277 g/mol. The Hall–Kier alpha value is -1.29. The van der Waals surface area contributed by atoms with E-state index >= 15 is 0 Å². The van der Waals surface area contributed by atoms with Gasteiger partial charge in [-0.2, -0.15) is 0 Å². The van der Waals surface area contributed by atoms with Crippen molar-refractivity contribution in [2.45, 2.75) is 50.8 Å². The van der Waals surface area contributed by atoms with Crippen molar-refractivity contribution in [1.29, 1.82) is 0 Å². The number of hydrogen-bond acceptors (Lipinski definition) is 3. The van der Waals surface area contributed by atoms with E-state index in [0.29, 0.717) is 12.8 Å². The predicted octanol–water partition coefficient (Wildman–Crippen LogP) is 3.45. The first kappa shape index (κ1) is 14.1. The van der Waals surface area contributed by atoms with E-state index in [0.717, 1.165) is 10.5 Å². The predicted molar refractivity (Wildman–Crippen MR) is 76.8 cm³/mol. The Labute approximate surface area is 118 Å². The largest absolute Gasteiger partial charge is 0.273 e. The van der Waals surface area contributed by atoms with Crippen LogP contribution in [0.3, 0.4) is 0 Å². The first-order valence-electron chi connectivity index (χ1n) is 6.44. The molecule has 4 heteroatoms. The van der Waals surface area contributed by atoms with Gasteiger partial charge in [-0.1, -0.05) is 32.9 Å². The van der Waals surface area contributed by atoms with Gasteiger partial charge < -0.3 is 0 Å². The minimum atomic E-state index is -0.0874. The van der Waals surface area contributed by atoms with Gasteiger partial charge in [0.2, 0.25) is 11.8 Å². The molecule has 1 aliphatic heterocycles. The molecule has 0 unspecified atom stereocenters. The molecule has 19 heavy (non-hydrogen) atoms. The number of hydrogen-bond donors (Lipinski definition) is 0. The van der Waals surface area contributed by atoms with Gasteiger partial charge >= 0.3 is 0 Å². The lowest BCUT2D eigenvalue weighted by Crippen LogP contribution is -2.21. The van der Waals surface area contributed by atoms with Crippen LogP contribution in [0.2, 0.25) is 0 Å². The average molecular weight is 277 g/mol. The van der Waals surface area contributed by atoms with Gasteiger partial charge in [0.15, 0.2) is 0 Å². The van der Waals surface area contributed by atoms with Gasteiger partial charge in [0.25, 0.3) is 0 Å². The first-order valence-corrected chi connectivity index (χ1v) is 7.21. The SMILES string of the molecule is Cc1ccc(C(C)(C)C)cc1SN1C(=O)CCC1=O. The van der Waals surface area contributed by atoms with Crippen molar-refractivity contribution in [3.05, 3.63) is 29.3 Å². The van der Waals surface area contributed by atoms with Crippen LogP contribution in [0.4, 0.5) is 0 Å². The van der Waals surface area contributed by atoms with Crippen molar-refractivity contribution in [1.82, 2.24) is 4.31 Å². The minimum Gasteiger partial charge on any atom is -0.273 e. The number of nitrogens with zero attached hydrogens (tertiary/aromatic N) is 1. The lowest BCUT2D eigenvalue weighted by atomic mass is 9.87. The minimum absolute atomic E-state index is 0.0576. The van der Waals surface area contributed by atoms with E-state index in [-0.39, 0.29) is 17.2 Å². The van der Waals surface area contributed by atoms with Gasteiger partial charge in [0.1, 0.15) is 0 Å². The van der Waals surface area contributed by atoms with Crippen LogP contribution in [0, 0.1) is 6.92 Å². The van der Waals surface area contributed by atoms with E-state index < -0.39 is 0 Å². The van der Waals surface area contributed by atoms with Gasteiger partial charge in [-0.15, -0.1) is 0 Å². The zero-order valence-corrected chi connectivity index (χ0v) is 12.6. The molecular weight excluding hydrogens is 258 g/mol. The maximum absolute atomic E-state index is 11.7. The van der Waals surface area contributed by atoms with Crippen molar-refractivity contribution in [2.75, 3.05) is 0 Å². The highest BCUT2D eigenvalue weighted by Gasteiger charge is 2.30. The molecule has 1 saturated heterocycles. The molecule has 0 aliphatic carbocycles. The van der Waals surface area contributed by atoms with Crippen molar-refractivity contribution >= 4 is 23.8 Å². The van der Waals surface area contributed by atoms with Crippen LogP contribution in [-0.2, 0) is 15.0 Å². The van der Waals surface area contributed by atoms with E-state index in [1.807, 2.05) is 13.0 Å². The Morgan fingerprint density at radius 1 is 1.11 bits per heavy atom. The summed E-state index contributed by atoms with van der Waals surface area (Å²) >= 11 is 1.26. The third-order valence-electron chi connectivity index (χ3n) is 3.25. The second kappa shape index (κ2) is 5.00. The average Bonchev–Trinajstić information content (AvgIpc) is 2.62. The zero-order valence-electron chi connectivity index (χ0n) is 11.8. The van der Waals surface area contributed by atoms with Gasteiger partial charge in [0.05, 0.1) is 0 Å². The Balaban J connectivity index is 2.29. The number of aryl methyl sites for hydroxylation is 1. The second-order valence-corrected chi connectivity index (χ2v) is 6.89. The molecule has 0 aromatic heterocycles. The van der Waals surface area contributed by atoms with Crippen LogP contribution in [0.5, 0.6) is 0 Å². The molecule has 0 bridgehead atoms. The summed E-state index contributed by atoms with van der Waals surface area (Å²) in [5.41, 5.74) is 2.35. The van der Waals surface area contributed by atoms with E-state index in [9.17, 15) is 9.59 Å². The smallest absolute Gasteiger partial charge is 0.240 e. The Kier molecular flexibility index (Phi) is 3.72.